The summed E-state index contributed by atoms with van der Waals surface area (Å²) in [5.41, 5.74) is 0.695. The van der Waals surface area contributed by atoms with Crippen LogP contribution >= 0.6 is 34.2 Å². The van der Waals surface area contributed by atoms with Crippen LogP contribution in [-0.2, 0) is 9.53 Å². The van der Waals surface area contributed by atoms with Crippen LogP contribution in [0.1, 0.15) is 13.3 Å². The van der Waals surface area contributed by atoms with Gasteiger partial charge in [0.1, 0.15) is 11.6 Å². The van der Waals surface area contributed by atoms with Crippen molar-refractivity contribution in [3.63, 3.8) is 0 Å². The zero-order valence-corrected chi connectivity index (χ0v) is 13.9. The molecule has 0 radical (unpaired) electrons. The Bertz CT molecular complexity index is 648. The normalized spacial score (nSPS) is 12.2. The Hall–Kier alpha value is -1.08. The largest absolute Gasteiger partial charge is 0.487 e. The molecule has 0 spiro atoms. The summed E-state index contributed by atoms with van der Waals surface area (Å²) in [6.45, 7) is 1.82. The van der Waals surface area contributed by atoms with Gasteiger partial charge in [-0.3, -0.25) is 9.78 Å². The van der Waals surface area contributed by atoms with Crippen molar-refractivity contribution in [1.82, 2.24) is 4.98 Å². The quantitative estimate of drug-likeness (QED) is 0.573. The molecule has 6 heteroatoms. The number of rotatable bonds is 4. The third-order valence-electron chi connectivity index (χ3n) is 2.75. The third kappa shape index (κ3) is 3.32. The van der Waals surface area contributed by atoms with Crippen LogP contribution in [0, 0.1) is 3.57 Å². The van der Waals surface area contributed by atoms with Gasteiger partial charge < -0.3 is 9.47 Å². The number of aromatic nitrogens is 1. The van der Waals surface area contributed by atoms with E-state index in [1.54, 1.807) is 6.20 Å². The molecule has 0 N–H and O–H groups in total. The summed E-state index contributed by atoms with van der Waals surface area (Å²) in [6.07, 6.45) is 1.57. The molecule has 2 aromatic rings. The van der Waals surface area contributed by atoms with Crippen molar-refractivity contribution < 1.29 is 14.3 Å². The van der Waals surface area contributed by atoms with E-state index in [9.17, 15) is 4.79 Å². The number of fused-ring (bicyclic) bond motifs is 1. The number of pyridine rings is 1. The summed E-state index contributed by atoms with van der Waals surface area (Å²) in [7, 11) is 1.36. The fourth-order valence-electron chi connectivity index (χ4n) is 1.82. The van der Waals surface area contributed by atoms with Gasteiger partial charge in [-0.1, -0.05) is 11.6 Å². The number of carbonyl (C=O) groups excluding carboxylic acids is 1. The molecule has 0 aliphatic rings. The number of methoxy groups -OCH3 is 1. The van der Waals surface area contributed by atoms with Gasteiger partial charge >= 0.3 is 5.97 Å². The van der Waals surface area contributed by atoms with Crippen molar-refractivity contribution in [2.24, 2.45) is 0 Å². The standard InChI is InChI=1S/C14H13ClINO3/c1-8(6-12(18)19-2)20-14-11(16)7-10(15)9-4-3-5-17-13(9)14/h3-5,7-8H,6H2,1-2H3. The molecule has 0 saturated carbocycles. The zero-order chi connectivity index (χ0) is 14.7. The van der Waals surface area contributed by atoms with Crippen molar-refractivity contribution in [3.8, 4) is 5.75 Å². The Balaban J connectivity index is 2.36. The van der Waals surface area contributed by atoms with Crippen LogP contribution in [0.2, 0.25) is 5.02 Å². The first-order valence-electron chi connectivity index (χ1n) is 5.99. The maximum absolute atomic E-state index is 11.3. The number of ether oxygens (including phenoxy) is 2. The molecule has 0 aliphatic carbocycles. The van der Waals surface area contributed by atoms with E-state index < -0.39 is 0 Å². The molecule has 1 unspecified atom stereocenters. The van der Waals surface area contributed by atoms with E-state index >= 15 is 0 Å². The van der Waals surface area contributed by atoms with Gasteiger partial charge in [0, 0.05) is 11.6 Å². The van der Waals surface area contributed by atoms with Gasteiger partial charge in [-0.05, 0) is 47.7 Å². The molecule has 106 valence electrons. The van der Waals surface area contributed by atoms with E-state index in [2.05, 4.69) is 32.3 Å². The molecule has 1 aromatic heterocycles. The molecule has 0 aliphatic heterocycles. The second-order valence-electron chi connectivity index (χ2n) is 4.28. The fraction of sp³-hybridized carbons (Fsp3) is 0.286. The van der Waals surface area contributed by atoms with Crippen LogP contribution in [0.5, 0.6) is 5.75 Å². The maximum Gasteiger partial charge on any atom is 0.309 e. The maximum atomic E-state index is 11.3. The second-order valence-corrected chi connectivity index (χ2v) is 5.85. The average Bonchev–Trinajstić information content (AvgIpc) is 2.43. The molecule has 20 heavy (non-hydrogen) atoms. The SMILES string of the molecule is COC(=O)CC(C)Oc1c(I)cc(Cl)c2cccnc12. The highest BCUT2D eigenvalue weighted by molar-refractivity contribution is 14.1. The van der Waals surface area contributed by atoms with Gasteiger partial charge in [-0.2, -0.15) is 0 Å². The second kappa shape index (κ2) is 6.58. The van der Waals surface area contributed by atoms with Crippen LogP contribution in [0.25, 0.3) is 10.9 Å². The minimum atomic E-state index is -0.307. The Morgan fingerprint density at radius 3 is 3.00 bits per heavy atom. The van der Waals surface area contributed by atoms with Crippen molar-refractivity contribution in [1.29, 1.82) is 0 Å². The molecule has 1 heterocycles. The summed E-state index contributed by atoms with van der Waals surface area (Å²) in [6, 6.07) is 5.54. The summed E-state index contributed by atoms with van der Waals surface area (Å²) in [4.78, 5) is 15.6. The number of halogens is 2. The Morgan fingerprint density at radius 2 is 2.30 bits per heavy atom. The van der Waals surface area contributed by atoms with E-state index in [1.165, 1.54) is 7.11 Å². The Labute approximate surface area is 135 Å². The first-order chi connectivity index (χ1) is 9.52. The number of carbonyl (C=O) groups is 1. The summed E-state index contributed by atoms with van der Waals surface area (Å²) in [5.74, 6) is 0.334. The lowest BCUT2D eigenvalue weighted by Crippen LogP contribution is -2.18. The summed E-state index contributed by atoms with van der Waals surface area (Å²) in [5, 5.41) is 1.46. The smallest absolute Gasteiger partial charge is 0.309 e. The average molecular weight is 406 g/mol. The van der Waals surface area contributed by atoms with Gasteiger partial charge in [-0.25, -0.2) is 0 Å². The zero-order valence-electron chi connectivity index (χ0n) is 11.0. The monoisotopic (exact) mass is 405 g/mol. The Morgan fingerprint density at radius 1 is 1.55 bits per heavy atom. The summed E-state index contributed by atoms with van der Waals surface area (Å²) < 4.78 is 11.4. The molecule has 2 rings (SSSR count). The molecule has 0 fully saturated rings. The predicted octanol–water partition coefficient (Wildman–Crippen LogP) is 3.82. The van der Waals surface area contributed by atoms with Crippen LogP contribution < -0.4 is 4.74 Å². The van der Waals surface area contributed by atoms with Crippen molar-refractivity contribution in [2.75, 3.05) is 7.11 Å². The van der Waals surface area contributed by atoms with Crippen molar-refractivity contribution >= 4 is 51.1 Å². The fourth-order valence-corrected chi connectivity index (χ4v) is 2.96. The molecular weight excluding hydrogens is 393 g/mol. The molecule has 0 bridgehead atoms. The van der Waals surface area contributed by atoms with E-state index in [-0.39, 0.29) is 18.5 Å². The highest BCUT2D eigenvalue weighted by Crippen LogP contribution is 2.35. The molecule has 1 aromatic carbocycles. The first kappa shape index (κ1) is 15.3. The number of hydrogen-bond acceptors (Lipinski definition) is 4. The van der Waals surface area contributed by atoms with Crippen LogP contribution in [0.3, 0.4) is 0 Å². The molecule has 4 nitrogen and oxygen atoms in total. The highest BCUT2D eigenvalue weighted by atomic mass is 127. The minimum Gasteiger partial charge on any atom is -0.487 e. The lowest BCUT2D eigenvalue weighted by atomic mass is 10.2. The lowest BCUT2D eigenvalue weighted by molar-refractivity contribution is -0.142. The van der Waals surface area contributed by atoms with E-state index in [4.69, 9.17) is 16.3 Å². The number of benzene rings is 1. The first-order valence-corrected chi connectivity index (χ1v) is 7.44. The van der Waals surface area contributed by atoms with E-state index in [0.717, 1.165) is 8.96 Å². The number of hydrogen-bond donors (Lipinski definition) is 0. The van der Waals surface area contributed by atoms with Gasteiger partial charge in [-0.15, -0.1) is 0 Å². The minimum absolute atomic E-state index is 0.184. The molecule has 0 amide bonds. The Kier molecular flexibility index (Phi) is 5.04. The van der Waals surface area contributed by atoms with Gasteiger partial charge in [0.05, 0.1) is 22.1 Å². The van der Waals surface area contributed by atoms with Crippen molar-refractivity contribution in [3.05, 3.63) is 33.0 Å². The van der Waals surface area contributed by atoms with Crippen LogP contribution in [-0.4, -0.2) is 24.2 Å². The van der Waals surface area contributed by atoms with Gasteiger partial charge in [0.2, 0.25) is 0 Å². The molecule has 1 atom stereocenters. The van der Waals surface area contributed by atoms with Gasteiger partial charge in [0.15, 0.2) is 5.75 Å². The van der Waals surface area contributed by atoms with E-state index in [1.807, 2.05) is 25.1 Å². The molecular formula is C14H13ClINO3. The molecule has 0 saturated heterocycles. The van der Waals surface area contributed by atoms with Crippen LogP contribution in [0.15, 0.2) is 24.4 Å². The van der Waals surface area contributed by atoms with Crippen molar-refractivity contribution in [2.45, 2.75) is 19.4 Å². The number of esters is 1. The highest BCUT2D eigenvalue weighted by Gasteiger charge is 2.17. The topological polar surface area (TPSA) is 48.4 Å². The third-order valence-corrected chi connectivity index (χ3v) is 3.87. The summed E-state index contributed by atoms with van der Waals surface area (Å²) >= 11 is 8.35. The van der Waals surface area contributed by atoms with E-state index in [0.29, 0.717) is 16.3 Å². The van der Waals surface area contributed by atoms with Crippen LogP contribution in [0.4, 0.5) is 0 Å². The lowest BCUT2D eigenvalue weighted by Gasteiger charge is -2.16. The van der Waals surface area contributed by atoms with Gasteiger partial charge in [0.25, 0.3) is 0 Å². The number of nitrogens with zero attached hydrogens (tertiary/aromatic N) is 1. The predicted molar refractivity (Wildman–Crippen MR) is 86.2 cm³/mol.